The number of hydrogen-bond acceptors (Lipinski definition) is 4. The van der Waals surface area contributed by atoms with Crippen molar-refractivity contribution in [2.45, 2.75) is 13.0 Å². The van der Waals surface area contributed by atoms with E-state index in [0.717, 1.165) is 4.47 Å². The van der Waals surface area contributed by atoms with Gasteiger partial charge in [0, 0.05) is 19.2 Å². The highest BCUT2D eigenvalue weighted by atomic mass is 79.9. The van der Waals surface area contributed by atoms with Gasteiger partial charge in [-0.05, 0) is 28.1 Å². The fourth-order valence-electron chi connectivity index (χ4n) is 2.09. The average molecular weight is 387 g/mol. The van der Waals surface area contributed by atoms with Gasteiger partial charge < -0.3 is 14.8 Å². The van der Waals surface area contributed by atoms with Crippen molar-refractivity contribution in [3.8, 4) is 11.5 Å². The maximum absolute atomic E-state index is 12.1. The van der Waals surface area contributed by atoms with Gasteiger partial charge in [-0.25, -0.2) is 0 Å². The molecule has 116 valence electrons. The van der Waals surface area contributed by atoms with Crippen LogP contribution in [0.4, 0.5) is 5.69 Å². The highest BCUT2D eigenvalue weighted by Gasteiger charge is 2.20. The molecule has 0 aliphatic carbocycles. The number of amides is 1. The van der Waals surface area contributed by atoms with E-state index in [0.29, 0.717) is 42.0 Å². The van der Waals surface area contributed by atoms with Gasteiger partial charge in [0.05, 0.1) is 21.4 Å². The number of hydrogen-bond donors (Lipinski definition) is 1. The maximum atomic E-state index is 12.1. The van der Waals surface area contributed by atoms with Crippen molar-refractivity contribution in [3.63, 3.8) is 0 Å². The fraction of sp³-hybridized carbons (Fsp3) is 0.286. The summed E-state index contributed by atoms with van der Waals surface area (Å²) < 4.78 is 13.6. The van der Waals surface area contributed by atoms with Crippen LogP contribution in [0.15, 0.2) is 29.0 Å². The fourth-order valence-corrected chi connectivity index (χ4v) is 2.67. The molecule has 0 radical (unpaired) electrons. The van der Waals surface area contributed by atoms with Crippen LogP contribution in [0.2, 0.25) is 5.02 Å². The molecule has 8 heteroatoms. The largest absolute Gasteiger partial charge is 0.485 e. The van der Waals surface area contributed by atoms with Gasteiger partial charge in [0.25, 0.3) is 0 Å². The molecule has 0 saturated heterocycles. The monoisotopic (exact) mass is 385 g/mol. The van der Waals surface area contributed by atoms with Crippen LogP contribution < -0.4 is 14.8 Å². The Kier molecular flexibility index (Phi) is 4.54. The van der Waals surface area contributed by atoms with Gasteiger partial charge in [0.1, 0.15) is 13.2 Å². The SMILES string of the molecule is O=C(CCn1cc(Cl)cn1)Nc1ccc(Br)c2c1OCCO2. The van der Waals surface area contributed by atoms with Crippen molar-refractivity contribution in [2.75, 3.05) is 18.5 Å². The molecule has 1 aliphatic rings. The van der Waals surface area contributed by atoms with Crippen LogP contribution in [0.25, 0.3) is 0 Å². The third-order valence-corrected chi connectivity index (χ3v) is 3.90. The topological polar surface area (TPSA) is 65.4 Å². The number of carbonyl (C=O) groups excluding carboxylic acids is 1. The Hall–Kier alpha value is -1.73. The Bertz CT molecular complexity index is 705. The quantitative estimate of drug-likeness (QED) is 0.877. The number of fused-ring (bicyclic) bond motifs is 1. The number of anilines is 1. The molecule has 0 saturated carbocycles. The van der Waals surface area contributed by atoms with E-state index in [1.807, 2.05) is 6.07 Å². The summed E-state index contributed by atoms with van der Waals surface area (Å²) in [6, 6.07) is 3.59. The molecule has 3 rings (SSSR count). The number of ether oxygens (including phenoxy) is 2. The minimum Gasteiger partial charge on any atom is -0.485 e. The molecule has 0 bridgehead atoms. The molecule has 2 aromatic rings. The molecule has 2 heterocycles. The predicted molar refractivity (Wildman–Crippen MR) is 85.6 cm³/mol. The minimum absolute atomic E-state index is 0.134. The molecule has 0 spiro atoms. The standard InChI is InChI=1S/C14H13BrClN3O3/c15-10-1-2-11(14-13(10)21-5-6-22-14)18-12(20)3-4-19-8-9(16)7-17-19/h1-2,7-8H,3-6H2,(H,18,20). The highest BCUT2D eigenvalue weighted by molar-refractivity contribution is 9.10. The van der Waals surface area contributed by atoms with Gasteiger partial charge in [-0.15, -0.1) is 0 Å². The molecule has 0 fully saturated rings. The smallest absolute Gasteiger partial charge is 0.226 e. The minimum atomic E-state index is -0.134. The van der Waals surface area contributed by atoms with E-state index < -0.39 is 0 Å². The van der Waals surface area contributed by atoms with E-state index in [1.165, 1.54) is 6.20 Å². The summed E-state index contributed by atoms with van der Waals surface area (Å²) in [4.78, 5) is 12.1. The highest BCUT2D eigenvalue weighted by Crippen LogP contribution is 2.43. The predicted octanol–water partition coefficient (Wildman–Crippen LogP) is 3.10. The van der Waals surface area contributed by atoms with E-state index in [-0.39, 0.29) is 12.3 Å². The zero-order valence-electron chi connectivity index (χ0n) is 11.5. The van der Waals surface area contributed by atoms with Gasteiger partial charge >= 0.3 is 0 Å². The van der Waals surface area contributed by atoms with Crippen molar-refractivity contribution in [2.24, 2.45) is 0 Å². The number of aromatic nitrogens is 2. The lowest BCUT2D eigenvalue weighted by Gasteiger charge is -2.22. The first kappa shape index (κ1) is 15.2. The first-order valence-electron chi connectivity index (χ1n) is 6.69. The second-order valence-corrected chi connectivity index (χ2v) is 5.96. The van der Waals surface area contributed by atoms with E-state index in [4.69, 9.17) is 21.1 Å². The summed E-state index contributed by atoms with van der Waals surface area (Å²) in [5.74, 6) is 1.03. The summed E-state index contributed by atoms with van der Waals surface area (Å²) in [5, 5.41) is 7.41. The zero-order chi connectivity index (χ0) is 15.5. The van der Waals surface area contributed by atoms with E-state index in [9.17, 15) is 4.79 Å². The second-order valence-electron chi connectivity index (χ2n) is 4.67. The van der Waals surface area contributed by atoms with Crippen molar-refractivity contribution >= 4 is 39.1 Å². The van der Waals surface area contributed by atoms with Gasteiger partial charge in [0.2, 0.25) is 5.91 Å². The lowest BCUT2D eigenvalue weighted by atomic mass is 10.2. The zero-order valence-corrected chi connectivity index (χ0v) is 13.9. The van der Waals surface area contributed by atoms with Crippen molar-refractivity contribution < 1.29 is 14.3 Å². The number of halogens is 2. The van der Waals surface area contributed by atoms with E-state index in [1.54, 1.807) is 16.9 Å². The summed E-state index contributed by atoms with van der Waals surface area (Å²) in [6.45, 7) is 1.40. The first-order valence-corrected chi connectivity index (χ1v) is 7.86. The average Bonchev–Trinajstić information content (AvgIpc) is 2.94. The summed E-state index contributed by atoms with van der Waals surface area (Å²) in [7, 11) is 0. The van der Waals surface area contributed by atoms with Crippen LogP contribution >= 0.6 is 27.5 Å². The lowest BCUT2D eigenvalue weighted by molar-refractivity contribution is -0.116. The van der Waals surface area contributed by atoms with E-state index in [2.05, 4.69) is 26.3 Å². The number of nitrogens with zero attached hydrogens (tertiary/aromatic N) is 2. The van der Waals surface area contributed by atoms with Crippen LogP contribution in [0, 0.1) is 0 Å². The summed E-state index contributed by atoms with van der Waals surface area (Å²) in [6.07, 6.45) is 3.49. The molecular formula is C14H13BrClN3O3. The van der Waals surface area contributed by atoms with Crippen LogP contribution in [-0.2, 0) is 11.3 Å². The third kappa shape index (κ3) is 3.36. The second kappa shape index (κ2) is 6.58. The number of carbonyl (C=O) groups is 1. The number of benzene rings is 1. The maximum Gasteiger partial charge on any atom is 0.226 e. The Morgan fingerprint density at radius 1 is 1.36 bits per heavy atom. The van der Waals surface area contributed by atoms with Crippen LogP contribution in [0.1, 0.15) is 6.42 Å². The van der Waals surface area contributed by atoms with E-state index >= 15 is 0 Å². The number of nitrogens with one attached hydrogen (secondary N) is 1. The van der Waals surface area contributed by atoms with Crippen molar-refractivity contribution in [1.82, 2.24) is 9.78 Å². The van der Waals surface area contributed by atoms with Gasteiger partial charge in [-0.3, -0.25) is 9.48 Å². The third-order valence-electron chi connectivity index (χ3n) is 3.08. The Balaban J connectivity index is 1.66. The molecular weight excluding hydrogens is 374 g/mol. The lowest BCUT2D eigenvalue weighted by Crippen LogP contribution is -2.19. The molecule has 1 N–H and O–H groups in total. The molecule has 0 unspecified atom stereocenters. The number of aryl methyl sites for hydroxylation is 1. The Morgan fingerprint density at radius 3 is 2.86 bits per heavy atom. The normalized spacial score (nSPS) is 13.0. The van der Waals surface area contributed by atoms with Gasteiger partial charge in [-0.2, -0.15) is 5.10 Å². The van der Waals surface area contributed by atoms with Crippen molar-refractivity contribution in [3.05, 3.63) is 34.0 Å². The van der Waals surface area contributed by atoms with Gasteiger partial charge in [-0.1, -0.05) is 11.6 Å². The Morgan fingerprint density at radius 2 is 2.14 bits per heavy atom. The molecule has 22 heavy (non-hydrogen) atoms. The first-order chi connectivity index (χ1) is 10.6. The van der Waals surface area contributed by atoms with Gasteiger partial charge in [0.15, 0.2) is 11.5 Å². The van der Waals surface area contributed by atoms with Crippen LogP contribution in [0.5, 0.6) is 11.5 Å². The molecule has 1 amide bonds. The summed E-state index contributed by atoms with van der Waals surface area (Å²) >= 11 is 9.19. The van der Waals surface area contributed by atoms with Crippen LogP contribution in [-0.4, -0.2) is 28.9 Å². The van der Waals surface area contributed by atoms with Crippen molar-refractivity contribution in [1.29, 1.82) is 0 Å². The molecule has 1 aromatic heterocycles. The number of rotatable bonds is 4. The molecule has 1 aliphatic heterocycles. The molecule has 1 aromatic carbocycles. The summed E-state index contributed by atoms with van der Waals surface area (Å²) in [5.41, 5.74) is 0.599. The molecule has 0 atom stereocenters. The Labute approximate surface area is 140 Å². The van der Waals surface area contributed by atoms with Crippen LogP contribution in [0.3, 0.4) is 0 Å². The molecule has 6 nitrogen and oxygen atoms in total.